The molecule has 1 unspecified atom stereocenters. The molecule has 3 aromatic rings. The predicted molar refractivity (Wildman–Crippen MR) is 124 cm³/mol. The van der Waals surface area contributed by atoms with Gasteiger partial charge < -0.3 is 15.3 Å². The highest BCUT2D eigenvalue weighted by atomic mass is 16.3. The van der Waals surface area contributed by atoms with Crippen LogP contribution in [0, 0.1) is 0 Å². The molecule has 0 spiro atoms. The maximum atomic E-state index is 12.9. The van der Waals surface area contributed by atoms with Crippen molar-refractivity contribution in [3.8, 4) is 5.75 Å². The third kappa shape index (κ3) is 5.86. The normalized spacial score (nSPS) is 15.4. The molecule has 160 valence electrons. The van der Waals surface area contributed by atoms with Crippen LogP contribution in [-0.2, 0) is 11.2 Å². The van der Waals surface area contributed by atoms with E-state index in [1.165, 1.54) is 5.56 Å². The van der Waals surface area contributed by atoms with Crippen LogP contribution in [0.1, 0.15) is 17.2 Å². The summed E-state index contributed by atoms with van der Waals surface area (Å²) in [4.78, 5) is 17.4. The number of carbonyl (C=O) groups is 1. The minimum Gasteiger partial charge on any atom is -0.508 e. The Kier molecular flexibility index (Phi) is 6.85. The summed E-state index contributed by atoms with van der Waals surface area (Å²) in [6, 6.07) is 27.7. The summed E-state index contributed by atoms with van der Waals surface area (Å²) in [5.41, 5.74) is 3.44. The third-order valence-electron chi connectivity index (χ3n) is 5.77. The molecule has 0 aromatic heterocycles. The Balaban J connectivity index is 1.33. The summed E-state index contributed by atoms with van der Waals surface area (Å²) >= 11 is 0. The van der Waals surface area contributed by atoms with Crippen LogP contribution in [0.2, 0.25) is 0 Å². The first kappa shape index (κ1) is 20.9. The first-order chi connectivity index (χ1) is 15.2. The van der Waals surface area contributed by atoms with Crippen LogP contribution < -0.4 is 10.2 Å². The van der Waals surface area contributed by atoms with Gasteiger partial charge in [-0.2, -0.15) is 0 Å². The highest BCUT2D eigenvalue weighted by molar-refractivity contribution is 5.78. The largest absolute Gasteiger partial charge is 0.508 e. The number of aromatic hydroxyl groups is 1. The molecule has 1 saturated heterocycles. The van der Waals surface area contributed by atoms with Crippen LogP contribution in [-0.4, -0.2) is 48.6 Å². The van der Waals surface area contributed by atoms with Crippen molar-refractivity contribution in [3.63, 3.8) is 0 Å². The fourth-order valence-electron chi connectivity index (χ4n) is 4.06. The lowest BCUT2D eigenvalue weighted by atomic mass is 9.99. The Bertz CT molecular complexity index is 953. The van der Waals surface area contributed by atoms with Gasteiger partial charge in [0.25, 0.3) is 0 Å². The second kappa shape index (κ2) is 10.1. The van der Waals surface area contributed by atoms with Crippen LogP contribution >= 0.6 is 0 Å². The average molecular weight is 416 g/mol. The topological polar surface area (TPSA) is 55.8 Å². The van der Waals surface area contributed by atoms with Crippen LogP contribution in [0.3, 0.4) is 0 Å². The summed E-state index contributed by atoms with van der Waals surface area (Å²) in [6.07, 6.45) is 0.769. The molecule has 1 amide bonds. The number of nitrogens with zero attached hydrogens (tertiary/aromatic N) is 2. The van der Waals surface area contributed by atoms with Crippen molar-refractivity contribution in [2.45, 2.75) is 12.5 Å². The van der Waals surface area contributed by atoms with Gasteiger partial charge in [0.05, 0.1) is 12.6 Å². The van der Waals surface area contributed by atoms with Gasteiger partial charge >= 0.3 is 0 Å². The molecular formula is C26H29N3O2. The maximum absolute atomic E-state index is 12.9. The maximum Gasteiger partial charge on any atom is 0.234 e. The molecule has 0 aliphatic carbocycles. The molecule has 5 heteroatoms. The van der Waals surface area contributed by atoms with Crippen molar-refractivity contribution >= 4 is 11.6 Å². The first-order valence-corrected chi connectivity index (χ1v) is 10.8. The molecule has 0 bridgehead atoms. The molecule has 1 atom stereocenters. The van der Waals surface area contributed by atoms with E-state index >= 15 is 0 Å². The van der Waals surface area contributed by atoms with Crippen molar-refractivity contribution in [1.82, 2.24) is 10.2 Å². The molecule has 0 saturated carbocycles. The lowest BCUT2D eigenvalue weighted by molar-refractivity contribution is -0.123. The van der Waals surface area contributed by atoms with Crippen LogP contribution in [0.5, 0.6) is 5.75 Å². The summed E-state index contributed by atoms with van der Waals surface area (Å²) in [5, 5.41) is 12.7. The zero-order chi connectivity index (χ0) is 21.5. The van der Waals surface area contributed by atoms with Crippen LogP contribution in [0.4, 0.5) is 5.69 Å². The van der Waals surface area contributed by atoms with Crippen LogP contribution in [0.25, 0.3) is 0 Å². The van der Waals surface area contributed by atoms with Crippen molar-refractivity contribution in [2.24, 2.45) is 0 Å². The van der Waals surface area contributed by atoms with Gasteiger partial charge in [0, 0.05) is 31.9 Å². The van der Waals surface area contributed by atoms with Gasteiger partial charge in [0.1, 0.15) is 5.75 Å². The molecule has 31 heavy (non-hydrogen) atoms. The Labute approximate surface area is 183 Å². The smallest absolute Gasteiger partial charge is 0.234 e. The lowest BCUT2D eigenvalue weighted by Gasteiger charge is -2.36. The highest BCUT2D eigenvalue weighted by Gasteiger charge is 2.21. The first-order valence-electron chi connectivity index (χ1n) is 10.8. The second-order valence-electron chi connectivity index (χ2n) is 8.00. The molecule has 0 radical (unpaired) electrons. The number of carbonyl (C=O) groups excluding carboxylic acids is 1. The highest BCUT2D eigenvalue weighted by Crippen LogP contribution is 2.21. The number of hydrogen-bond acceptors (Lipinski definition) is 4. The molecule has 4 rings (SSSR count). The van der Waals surface area contributed by atoms with Gasteiger partial charge in [-0.25, -0.2) is 0 Å². The molecule has 2 N–H and O–H groups in total. The third-order valence-corrected chi connectivity index (χ3v) is 5.77. The lowest BCUT2D eigenvalue weighted by Crippen LogP contribution is -2.50. The number of rotatable bonds is 7. The van der Waals surface area contributed by atoms with Gasteiger partial charge in [-0.05, 0) is 41.8 Å². The van der Waals surface area contributed by atoms with Crippen molar-refractivity contribution in [2.75, 3.05) is 37.6 Å². The van der Waals surface area contributed by atoms with E-state index in [4.69, 9.17) is 0 Å². The van der Waals surface area contributed by atoms with E-state index in [-0.39, 0.29) is 17.7 Å². The van der Waals surface area contributed by atoms with E-state index in [1.54, 1.807) is 12.1 Å². The Morgan fingerprint density at radius 1 is 0.839 bits per heavy atom. The number of piperazine rings is 1. The molecule has 1 heterocycles. The van der Waals surface area contributed by atoms with Crippen molar-refractivity contribution in [1.29, 1.82) is 0 Å². The molecule has 1 fully saturated rings. The Hall–Kier alpha value is -3.31. The molecule has 3 aromatic carbocycles. The van der Waals surface area contributed by atoms with E-state index in [2.05, 4.69) is 39.4 Å². The fourth-order valence-corrected chi connectivity index (χ4v) is 4.06. The van der Waals surface area contributed by atoms with Crippen molar-refractivity contribution in [3.05, 3.63) is 96.1 Å². The van der Waals surface area contributed by atoms with Gasteiger partial charge in [0.2, 0.25) is 5.91 Å². The van der Waals surface area contributed by atoms with E-state index in [0.29, 0.717) is 6.54 Å². The summed E-state index contributed by atoms with van der Waals surface area (Å²) in [5.74, 6) is 0.338. The number of phenolic OH excluding ortho intramolecular Hbond substituents is 1. The van der Waals surface area contributed by atoms with Gasteiger partial charge in [-0.3, -0.25) is 9.69 Å². The van der Waals surface area contributed by atoms with E-state index in [0.717, 1.165) is 43.9 Å². The van der Waals surface area contributed by atoms with Crippen molar-refractivity contribution < 1.29 is 9.90 Å². The summed E-state index contributed by atoms with van der Waals surface area (Å²) in [7, 11) is 0. The monoisotopic (exact) mass is 415 g/mol. The Morgan fingerprint density at radius 3 is 2.10 bits per heavy atom. The minimum atomic E-state index is -0.0469. The zero-order valence-corrected chi connectivity index (χ0v) is 17.7. The van der Waals surface area contributed by atoms with E-state index in [9.17, 15) is 9.90 Å². The SMILES string of the molecule is O=C(CN1CCN(c2ccc(O)cc2)CC1)NC(Cc1ccccc1)c1ccccc1. The standard InChI is InChI=1S/C26H29N3O2/c30-24-13-11-23(12-14-24)29-17-15-28(16-18-29)20-26(31)27-25(22-9-5-2-6-10-22)19-21-7-3-1-4-8-21/h1-14,25,30H,15-20H2,(H,27,31). The number of phenols is 1. The second-order valence-corrected chi connectivity index (χ2v) is 8.00. The zero-order valence-electron chi connectivity index (χ0n) is 17.7. The average Bonchev–Trinajstić information content (AvgIpc) is 2.81. The molecule has 1 aliphatic heterocycles. The molecule has 5 nitrogen and oxygen atoms in total. The van der Waals surface area contributed by atoms with Crippen LogP contribution in [0.15, 0.2) is 84.9 Å². The van der Waals surface area contributed by atoms with Gasteiger partial charge in [0.15, 0.2) is 0 Å². The fraction of sp³-hybridized carbons (Fsp3) is 0.269. The summed E-state index contributed by atoms with van der Waals surface area (Å²) < 4.78 is 0. The predicted octanol–water partition coefficient (Wildman–Crippen LogP) is 3.61. The molecular weight excluding hydrogens is 386 g/mol. The number of benzene rings is 3. The van der Waals surface area contributed by atoms with Gasteiger partial charge in [-0.1, -0.05) is 60.7 Å². The number of anilines is 1. The van der Waals surface area contributed by atoms with E-state index < -0.39 is 0 Å². The Morgan fingerprint density at radius 2 is 1.45 bits per heavy atom. The van der Waals surface area contributed by atoms with E-state index in [1.807, 2.05) is 48.5 Å². The summed E-state index contributed by atoms with van der Waals surface area (Å²) in [6.45, 7) is 3.81. The number of amides is 1. The molecule has 1 aliphatic rings. The van der Waals surface area contributed by atoms with Gasteiger partial charge in [-0.15, -0.1) is 0 Å². The quantitative estimate of drug-likeness (QED) is 0.619. The number of hydrogen-bond donors (Lipinski definition) is 2. The number of nitrogens with one attached hydrogen (secondary N) is 1. The minimum absolute atomic E-state index is 0.0469.